The molecule has 2 aliphatic heterocycles. The Balaban J connectivity index is 1.24. The Bertz CT molecular complexity index is 1720. The SMILES string of the molecule is N#Cc1ccnc(C2C=CC=C(c3ccccc3N3c4c(ccc5c4OC4C=CC=CC54)C4C=CCCC43)C2)c1. The first-order valence-electron chi connectivity index (χ1n) is 14.3. The molecule has 1 aromatic heterocycles. The van der Waals surface area contributed by atoms with Gasteiger partial charge in [-0.2, -0.15) is 5.26 Å². The van der Waals surface area contributed by atoms with E-state index in [-0.39, 0.29) is 17.9 Å². The molecule has 3 aliphatic carbocycles. The fourth-order valence-corrected chi connectivity index (χ4v) is 7.26. The van der Waals surface area contributed by atoms with Crippen LogP contribution in [-0.2, 0) is 0 Å². The molecule has 0 bridgehead atoms. The molecule has 0 radical (unpaired) electrons. The number of benzene rings is 2. The van der Waals surface area contributed by atoms with Crippen LogP contribution >= 0.6 is 0 Å². The monoisotopic (exact) mass is 519 g/mol. The zero-order chi connectivity index (χ0) is 26.6. The number of allylic oxidation sites excluding steroid dienone is 7. The molecule has 2 aromatic carbocycles. The van der Waals surface area contributed by atoms with Crippen LogP contribution in [0.25, 0.3) is 5.57 Å². The Labute approximate surface area is 234 Å². The molecular formula is C36H29N3O. The van der Waals surface area contributed by atoms with Gasteiger partial charge in [0.15, 0.2) is 0 Å². The highest BCUT2D eigenvalue weighted by Gasteiger charge is 2.45. The van der Waals surface area contributed by atoms with Crippen LogP contribution < -0.4 is 9.64 Å². The first kappa shape index (κ1) is 23.3. The van der Waals surface area contributed by atoms with Crippen LogP contribution in [0.15, 0.2) is 109 Å². The van der Waals surface area contributed by atoms with E-state index >= 15 is 0 Å². The first-order chi connectivity index (χ1) is 19.8. The Morgan fingerprint density at radius 2 is 1.82 bits per heavy atom. The van der Waals surface area contributed by atoms with Gasteiger partial charge in [0.2, 0.25) is 0 Å². The maximum absolute atomic E-state index is 9.42. The fraction of sp³-hybridized carbons (Fsp3) is 0.222. The zero-order valence-corrected chi connectivity index (χ0v) is 22.2. The van der Waals surface area contributed by atoms with E-state index < -0.39 is 0 Å². The van der Waals surface area contributed by atoms with Gasteiger partial charge in [0.1, 0.15) is 11.9 Å². The summed E-state index contributed by atoms with van der Waals surface area (Å²) in [5, 5.41) is 9.42. The van der Waals surface area contributed by atoms with Crippen molar-refractivity contribution in [2.24, 2.45) is 0 Å². The summed E-state index contributed by atoms with van der Waals surface area (Å²) < 4.78 is 6.73. The van der Waals surface area contributed by atoms with Crippen molar-refractivity contribution in [1.82, 2.24) is 4.98 Å². The van der Waals surface area contributed by atoms with Crippen molar-refractivity contribution in [3.8, 4) is 11.8 Å². The largest absolute Gasteiger partial charge is 0.483 e. The predicted molar refractivity (Wildman–Crippen MR) is 159 cm³/mol. The standard InChI is InChI=1S/C36H29N3O/c37-22-23-18-19-38-31(20-23)25-9-7-8-24(21-25)26-10-1-4-13-32(26)39-33-14-5-2-11-27(33)29-16-17-30-28-12-3-6-15-34(28)40-36(30)35(29)39/h1-4,6-13,15-20,25,27-28,33-34H,5,14,21H2. The van der Waals surface area contributed by atoms with Crippen molar-refractivity contribution in [3.63, 3.8) is 0 Å². The highest BCUT2D eigenvalue weighted by Crippen LogP contribution is 2.58. The molecule has 0 spiro atoms. The van der Waals surface area contributed by atoms with Crippen LogP contribution in [0.2, 0.25) is 0 Å². The van der Waals surface area contributed by atoms with Crippen LogP contribution in [0.3, 0.4) is 0 Å². The van der Waals surface area contributed by atoms with Crippen LogP contribution in [0.4, 0.5) is 11.4 Å². The van der Waals surface area contributed by atoms with Gasteiger partial charge in [-0.15, -0.1) is 0 Å². The molecule has 194 valence electrons. The summed E-state index contributed by atoms with van der Waals surface area (Å²) in [7, 11) is 0. The van der Waals surface area contributed by atoms with Crippen molar-refractivity contribution in [2.45, 2.75) is 49.2 Å². The van der Waals surface area contributed by atoms with Crippen molar-refractivity contribution in [1.29, 1.82) is 5.26 Å². The Kier molecular flexibility index (Phi) is 5.38. The highest BCUT2D eigenvalue weighted by atomic mass is 16.5. The van der Waals surface area contributed by atoms with Crippen molar-refractivity contribution in [2.75, 3.05) is 4.90 Å². The van der Waals surface area contributed by atoms with E-state index in [0.717, 1.165) is 30.7 Å². The second-order valence-electron chi connectivity index (χ2n) is 11.3. The number of pyridine rings is 1. The van der Waals surface area contributed by atoms with Gasteiger partial charge in [-0.25, -0.2) is 0 Å². The highest BCUT2D eigenvalue weighted by molar-refractivity contribution is 5.88. The summed E-state index contributed by atoms with van der Waals surface area (Å²) in [6.07, 6.45) is 24.9. The maximum Gasteiger partial charge on any atom is 0.148 e. The van der Waals surface area contributed by atoms with Crippen LogP contribution in [0.1, 0.15) is 65.0 Å². The van der Waals surface area contributed by atoms with E-state index in [2.05, 4.69) is 107 Å². The summed E-state index contributed by atoms with van der Waals surface area (Å²) in [6, 6.07) is 19.8. The van der Waals surface area contributed by atoms with Gasteiger partial charge in [0.25, 0.3) is 0 Å². The number of rotatable bonds is 3. The number of nitrogens with zero attached hydrogens (tertiary/aromatic N) is 3. The van der Waals surface area contributed by atoms with Crippen molar-refractivity contribution in [3.05, 3.63) is 137 Å². The number of ether oxygens (including phenoxy) is 1. The number of hydrogen-bond acceptors (Lipinski definition) is 4. The first-order valence-corrected chi connectivity index (χ1v) is 14.3. The Morgan fingerprint density at radius 1 is 0.925 bits per heavy atom. The van der Waals surface area contributed by atoms with Crippen LogP contribution in [0, 0.1) is 11.3 Å². The fourth-order valence-electron chi connectivity index (χ4n) is 7.26. The van der Waals surface area contributed by atoms with E-state index in [1.807, 2.05) is 6.07 Å². The molecule has 8 rings (SSSR count). The lowest BCUT2D eigenvalue weighted by atomic mass is 9.85. The van der Waals surface area contributed by atoms with Gasteiger partial charge in [-0.1, -0.05) is 78.9 Å². The lowest BCUT2D eigenvalue weighted by Crippen LogP contribution is -2.31. The molecule has 3 heterocycles. The minimum atomic E-state index is 0.0605. The lowest BCUT2D eigenvalue weighted by molar-refractivity contribution is 0.269. The van der Waals surface area contributed by atoms with Crippen LogP contribution in [-0.4, -0.2) is 17.1 Å². The molecule has 0 saturated heterocycles. The van der Waals surface area contributed by atoms with E-state index in [4.69, 9.17) is 4.74 Å². The molecule has 5 atom stereocenters. The second kappa shape index (κ2) is 9.24. The van der Waals surface area contributed by atoms with Crippen molar-refractivity contribution < 1.29 is 4.74 Å². The molecule has 0 N–H and O–H groups in total. The molecule has 5 aliphatic rings. The second-order valence-corrected chi connectivity index (χ2v) is 11.3. The number of fused-ring (bicyclic) bond motifs is 7. The molecule has 0 saturated carbocycles. The minimum absolute atomic E-state index is 0.0605. The van der Waals surface area contributed by atoms with E-state index in [0.29, 0.717) is 17.5 Å². The van der Waals surface area contributed by atoms with Crippen LogP contribution in [0.5, 0.6) is 5.75 Å². The van der Waals surface area contributed by atoms with Gasteiger partial charge >= 0.3 is 0 Å². The molecule has 0 fully saturated rings. The van der Waals surface area contributed by atoms with Gasteiger partial charge in [-0.05, 0) is 54.7 Å². The van der Waals surface area contributed by atoms with Gasteiger partial charge in [-0.3, -0.25) is 4.98 Å². The summed E-state index contributed by atoms with van der Waals surface area (Å²) >= 11 is 0. The Hall–Kier alpha value is -4.62. The van der Waals surface area contributed by atoms with E-state index in [9.17, 15) is 5.26 Å². The van der Waals surface area contributed by atoms with Crippen molar-refractivity contribution >= 4 is 16.9 Å². The number of nitriles is 1. The summed E-state index contributed by atoms with van der Waals surface area (Å²) in [4.78, 5) is 7.22. The average Bonchev–Trinajstić information content (AvgIpc) is 3.57. The third-order valence-corrected chi connectivity index (χ3v) is 9.09. The summed E-state index contributed by atoms with van der Waals surface area (Å²) in [5.74, 6) is 1.80. The average molecular weight is 520 g/mol. The molecule has 40 heavy (non-hydrogen) atoms. The maximum atomic E-state index is 9.42. The number of hydrogen-bond donors (Lipinski definition) is 0. The van der Waals surface area contributed by atoms with Gasteiger partial charge in [0, 0.05) is 52.5 Å². The minimum Gasteiger partial charge on any atom is -0.483 e. The molecule has 0 amide bonds. The quantitative estimate of drug-likeness (QED) is 0.329. The number of anilines is 2. The van der Waals surface area contributed by atoms with E-state index in [1.165, 1.54) is 33.6 Å². The van der Waals surface area contributed by atoms with Gasteiger partial charge < -0.3 is 9.64 Å². The number of para-hydroxylation sites is 1. The zero-order valence-electron chi connectivity index (χ0n) is 22.2. The number of aromatic nitrogens is 1. The molecule has 3 aromatic rings. The third kappa shape index (κ3) is 3.54. The smallest absolute Gasteiger partial charge is 0.148 e. The van der Waals surface area contributed by atoms with Gasteiger partial charge in [0.05, 0.1) is 17.3 Å². The summed E-state index contributed by atoms with van der Waals surface area (Å²) in [5.41, 5.74) is 9.28. The molecule has 5 unspecified atom stereocenters. The predicted octanol–water partition coefficient (Wildman–Crippen LogP) is 8.00. The molecule has 4 nitrogen and oxygen atoms in total. The normalized spacial score (nSPS) is 26.8. The Morgan fingerprint density at radius 3 is 2.77 bits per heavy atom. The third-order valence-electron chi connectivity index (χ3n) is 9.09. The topological polar surface area (TPSA) is 49.2 Å². The molecular weight excluding hydrogens is 490 g/mol. The summed E-state index contributed by atoms with van der Waals surface area (Å²) in [6.45, 7) is 0. The molecule has 4 heteroatoms. The van der Waals surface area contributed by atoms with E-state index in [1.54, 1.807) is 12.3 Å². The lowest BCUT2D eigenvalue weighted by Gasteiger charge is -2.34.